The van der Waals surface area contributed by atoms with Gasteiger partial charge < -0.3 is 5.11 Å². The molecule has 0 aliphatic heterocycles. The molecule has 0 aliphatic rings. The largest absolute Gasteiger partial charge is 0.394 e. The molecule has 0 atom stereocenters. The highest BCUT2D eigenvalue weighted by Gasteiger charge is 2.72. The van der Waals surface area contributed by atoms with E-state index in [0.717, 1.165) is 0 Å². The Kier molecular flexibility index (Phi) is 11.0. The Bertz CT molecular complexity index is 381. The van der Waals surface area contributed by atoms with Crippen molar-refractivity contribution in [1.29, 1.82) is 0 Å². The van der Waals surface area contributed by atoms with Crippen LogP contribution >= 0.6 is 191 Å². The predicted octanol–water partition coefficient (Wildman–Crippen LogP) is 8.92. The summed E-state index contributed by atoms with van der Waals surface area (Å²) >= 11 is 43.5. The molecular weight excluding hydrogens is 1070 g/mol. The third kappa shape index (κ3) is 5.01. The first-order valence-corrected chi connectivity index (χ1v) is 14.2. The van der Waals surface area contributed by atoms with E-state index in [1.165, 1.54) is 0 Å². The van der Waals surface area contributed by atoms with Crippen molar-refractivity contribution in [3.63, 3.8) is 0 Å². The number of aliphatic hydroxyl groups is 1. The Morgan fingerprint density at radius 3 is 1.10 bits per heavy atom. The number of rotatable bonds is 6. The van der Waals surface area contributed by atoms with Crippen LogP contribution in [0.5, 0.6) is 0 Å². The van der Waals surface area contributed by atoms with Crippen LogP contribution < -0.4 is 0 Å². The summed E-state index contributed by atoms with van der Waals surface area (Å²) in [4.78, 5) is 0. The molecule has 0 aromatic rings. The highest BCUT2D eigenvalue weighted by atomic mass is 79.9. The Morgan fingerprint density at radius 1 is 0.571 bits per heavy atom. The molecule has 0 fully saturated rings. The highest BCUT2D eigenvalue weighted by Crippen LogP contribution is 2.73. The van der Waals surface area contributed by atoms with Gasteiger partial charge in [0, 0.05) is 0 Å². The fraction of sp³-hybridized carbons (Fsp3) is 1.00. The normalized spacial score (nSPS) is 16.3. The smallest absolute Gasteiger partial charge is 0.135 e. The van der Waals surface area contributed by atoms with E-state index in [9.17, 15) is 5.11 Å². The van der Waals surface area contributed by atoms with Crippen molar-refractivity contribution in [3.8, 4) is 0 Å². The van der Waals surface area contributed by atoms with Gasteiger partial charge in [-0.1, -0.05) is 191 Å². The van der Waals surface area contributed by atoms with Crippen molar-refractivity contribution in [2.75, 3.05) is 6.61 Å². The predicted molar refractivity (Wildman–Crippen MR) is 136 cm³/mol. The SMILES string of the molecule is CC(Br)(Br)C(Br)(Br)C(Br)(Br)C(Br)(Br)C(Br)(Br)C(Br)(Br)CO. The molecule has 0 rings (SSSR count). The lowest BCUT2D eigenvalue weighted by Crippen LogP contribution is -2.64. The van der Waals surface area contributed by atoms with Gasteiger partial charge in [-0.05, 0) is 6.92 Å². The van der Waals surface area contributed by atoms with E-state index < -0.39 is 19.4 Å². The summed E-state index contributed by atoms with van der Waals surface area (Å²) in [6.45, 7) is 1.73. The van der Waals surface area contributed by atoms with Crippen LogP contribution in [0.1, 0.15) is 6.92 Å². The molecule has 0 bridgehead atoms. The van der Waals surface area contributed by atoms with Crippen molar-refractivity contribution in [3.05, 3.63) is 0 Å². The number of alkyl halides is 12. The quantitative estimate of drug-likeness (QED) is 0.264. The monoisotopic (exact) mass is 1070 g/mol. The molecule has 0 spiro atoms. The van der Waals surface area contributed by atoms with Crippen molar-refractivity contribution < 1.29 is 5.11 Å². The summed E-state index contributed by atoms with van der Waals surface area (Å²) in [6.07, 6.45) is 0. The third-order valence-electron chi connectivity index (χ3n) is 2.39. The number of aliphatic hydroxyl groups excluding tert-OH is 1. The first-order valence-electron chi connectivity index (χ1n) is 4.69. The second-order valence-corrected chi connectivity index (χ2v) is 25.8. The second kappa shape index (κ2) is 8.61. The van der Waals surface area contributed by atoms with Crippen LogP contribution in [0.4, 0.5) is 0 Å². The molecule has 0 unspecified atom stereocenters. The fourth-order valence-corrected chi connectivity index (χ4v) is 10.5. The minimum absolute atomic E-state index is 0.198. The molecule has 0 heterocycles. The second-order valence-electron chi connectivity index (χ2n) is 4.05. The molecule has 0 saturated carbocycles. The highest BCUT2D eigenvalue weighted by molar-refractivity contribution is 9.36. The van der Waals surface area contributed by atoms with Gasteiger partial charge in [0.15, 0.2) is 0 Å². The maximum Gasteiger partial charge on any atom is 0.135 e. The summed E-state index contributed by atoms with van der Waals surface area (Å²) in [5, 5.41) is 9.65. The molecule has 128 valence electrons. The Morgan fingerprint density at radius 2 is 0.857 bits per heavy atom. The molecule has 0 saturated heterocycles. The maximum atomic E-state index is 9.65. The zero-order valence-electron chi connectivity index (χ0n) is 9.69. The van der Waals surface area contributed by atoms with Crippen LogP contribution in [0.2, 0.25) is 0 Å². The summed E-state index contributed by atoms with van der Waals surface area (Å²) in [5.74, 6) is 0. The zero-order chi connectivity index (χ0) is 17.7. The summed E-state index contributed by atoms with van der Waals surface area (Å²) < 4.78 is -4.84. The van der Waals surface area contributed by atoms with E-state index in [1.54, 1.807) is 0 Å². The van der Waals surface area contributed by atoms with Gasteiger partial charge in [-0.15, -0.1) is 0 Å². The topological polar surface area (TPSA) is 20.2 Å². The molecule has 0 aromatic carbocycles. The van der Waals surface area contributed by atoms with E-state index in [0.29, 0.717) is 0 Å². The Labute approximate surface area is 224 Å². The van der Waals surface area contributed by atoms with Crippen molar-refractivity contribution in [2.45, 2.75) is 26.3 Å². The minimum Gasteiger partial charge on any atom is -0.394 e. The minimum atomic E-state index is -0.903. The molecule has 21 heavy (non-hydrogen) atoms. The van der Waals surface area contributed by atoms with Gasteiger partial charge in [-0.2, -0.15) is 0 Å². The number of hydrogen-bond acceptors (Lipinski definition) is 1. The maximum absolute atomic E-state index is 9.65. The lowest BCUT2D eigenvalue weighted by atomic mass is 10.1. The molecular formula is C8H6Br12O. The third-order valence-corrected chi connectivity index (χ3v) is 26.0. The Hall–Kier alpha value is 5.72. The van der Waals surface area contributed by atoms with Crippen LogP contribution in [-0.4, -0.2) is 31.1 Å². The van der Waals surface area contributed by atoms with E-state index in [2.05, 4.69) is 191 Å². The first-order chi connectivity index (χ1) is 8.81. The number of hydrogen-bond donors (Lipinski definition) is 1. The van der Waals surface area contributed by atoms with E-state index >= 15 is 0 Å². The van der Waals surface area contributed by atoms with Gasteiger partial charge >= 0.3 is 0 Å². The molecule has 0 radical (unpaired) electrons. The van der Waals surface area contributed by atoms with Crippen LogP contribution in [0, 0.1) is 0 Å². The van der Waals surface area contributed by atoms with Gasteiger partial charge in [0.25, 0.3) is 0 Å². The summed E-state index contributed by atoms with van der Waals surface area (Å²) in [7, 11) is 0. The van der Waals surface area contributed by atoms with E-state index in [4.69, 9.17) is 0 Å². The van der Waals surface area contributed by atoms with Gasteiger partial charge in [0.05, 0.1) is 6.61 Å². The standard InChI is InChI=1S/C8H6Br12O/c1-3(9,10)5(13,14)7(17,18)8(19,20)6(15,16)4(11,12)2-21/h21H,2H2,1H3. The molecule has 13 heteroatoms. The molecule has 0 aromatic heterocycles. The van der Waals surface area contributed by atoms with Gasteiger partial charge in [-0.3, -0.25) is 0 Å². The van der Waals surface area contributed by atoms with Crippen LogP contribution in [0.25, 0.3) is 0 Å². The zero-order valence-corrected chi connectivity index (χ0v) is 28.7. The summed E-state index contributed by atoms with van der Waals surface area (Å²) in [6, 6.07) is 0. The lowest BCUT2D eigenvalue weighted by molar-refractivity contribution is 0.282. The van der Waals surface area contributed by atoms with Crippen LogP contribution in [0.15, 0.2) is 0 Å². The molecule has 0 amide bonds. The molecule has 1 nitrogen and oxygen atoms in total. The molecule has 0 aliphatic carbocycles. The average molecular weight is 1080 g/mol. The Balaban J connectivity index is 6.14. The fourth-order valence-electron chi connectivity index (χ4n) is 0.999. The summed E-state index contributed by atoms with van der Waals surface area (Å²) in [5.41, 5.74) is 0. The van der Waals surface area contributed by atoms with Gasteiger partial charge in [0.2, 0.25) is 0 Å². The average Bonchev–Trinajstić information content (AvgIpc) is 2.26. The molecule has 1 N–H and O–H groups in total. The van der Waals surface area contributed by atoms with E-state index in [-0.39, 0.29) is 6.61 Å². The van der Waals surface area contributed by atoms with Gasteiger partial charge in [0.1, 0.15) is 19.4 Å². The number of halogens is 12. The van der Waals surface area contributed by atoms with Gasteiger partial charge in [-0.25, -0.2) is 0 Å². The van der Waals surface area contributed by atoms with Crippen molar-refractivity contribution in [2.24, 2.45) is 0 Å². The van der Waals surface area contributed by atoms with Crippen LogP contribution in [0.3, 0.4) is 0 Å². The first kappa shape index (κ1) is 26.7. The van der Waals surface area contributed by atoms with Crippen molar-refractivity contribution >= 4 is 191 Å². The lowest BCUT2D eigenvalue weighted by Gasteiger charge is -2.54. The van der Waals surface area contributed by atoms with Crippen LogP contribution in [-0.2, 0) is 0 Å². The van der Waals surface area contributed by atoms with Crippen molar-refractivity contribution in [1.82, 2.24) is 0 Å². The van der Waals surface area contributed by atoms with E-state index in [1.807, 2.05) is 6.92 Å².